The Bertz CT molecular complexity index is 413. The molecule has 0 amide bonds. The number of benzene rings is 1. The van der Waals surface area contributed by atoms with E-state index in [4.69, 9.17) is 4.99 Å². The molecule has 0 bridgehead atoms. The molecule has 0 fully saturated rings. The Morgan fingerprint density at radius 1 is 1.19 bits per heavy atom. The van der Waals surface area contributed by atoms with Crippen LogP contribution < -0.4 is 10.6 Å². The van der Waals surface area contributed by atoms with E-state index in [9.17, 15) is 0 Å². The van der Waals surface area contributed by atoms with Gasteiger partial charge < -0.3 is 10.6 Å². The fourth-order valence-corrected chi connectivity index (χ4v) is 2.09. The van der Waals surface area contributed by atoms with Gasteiger partial charge in [-0.05, 0) is 38.2 Å². The molecule has 3 nitrogen and oxygen atoms in total. The van der Waals surface area contributed by atoms with Crippen LogP contribution in [0.15, 0.2) is 35.3 Å². The molecule has 1 aromatic carbocycles. The van der Waals surface area contributed by atoms with E-state index in [1.165, 1.54) is 5.56 Å². The first-order valence-electron chi connectivity index (χ1n) is 7.52. The van der Waals surface area contributed by atoms with Crippen molar-refractivity contribution >= 4 is 29.9 Å². The highest BCUT2D eigenvalue weighted by molar-refractivity contribution is 14.0. The first-order valence-corrected chi connectivity index (χ1v) is 7.52. The summed E-state index contributed by atoms with van der Waals surface area (Å²) in [5.41, 5.74) is 1.52. The second-order valence-corrected chi connectivity index (χ2v) is 6.32. The van der Waals surface area contributed by atoms with Crippen LogP contribution in [-0.2, 0) is 6.42 Å². The molecule has 0 aliphatic heterocycles. The highest BCUT2D eigenvalue weighted by Gasteiger charge is 2.18. The third-order valence-electron chi connectivity index (χ3n) is 2.96. The summed E-state index contributed by atoms with van der Waals surface area (Å²) >= 11 is 0. The van der Waals surface area contributed by atoms with Crippen molar-refractivity contribution in [3.05, 3.63) is 35.9 Å². The Labute approximate surface area is 147 Å². The number of hydrogen-bond donors (Lipinski definition) is 2. The molecule has 21 heavy (non-hydrogen) atoms. The normalized spacial score (nSPS) is 12.0. The van der Waals surface area contributed by atoms with Crippen molar-refractivity contribution in [1.29, 1.82) is 0 Å². The monoisotopic (exact) mass is 403 g/mol. The van der Waals surface area contributed by atoms with Crippen LogP contribution in [0.5, 0.6) is 0 Å². The van der Waals surface area contributed by atoms with Gasteiger partial charge in [0.2, 0.25) is 0 Å². The van der Waals surface area contributed by atoms with Gasteiger partial charge in [-0.1, -0.05) is 44.2 Å². The lowest BCUT2D eigenvalue weighted by atomic mass is 9.86. The summed E-state index contributed by atoms with van der Waals surface area (Å²) in [6, 6.07) is 11.0. The molecule has 4 heteroatoms. The summed E-state index contributed by atoms with van der Waals surface area (Å²) in [7, 11) is 0. The standard InChI is InChI=1S/C17H29N3.HI/c1-6-18-16(20-14(2)3)19-13-17(4,5)12-15-10-8-7-9-11-15;/h7-11,14H,6,12-13H2,1-5H3,(H2,18,19,20);1H. The fourth-order valence-electron chi connectivity index (χ4n) is 2.09. The van der Waals surface area contributed by atoms with Crippen molar-refractivity contribution in [1.82, 2.24) is 10.6 Å². The van der Waals surface area contributed by atoms with Crippen LogP contribution in [0.4, 0.5) is 0 Å². The number of rotatable bonds is 6. The summed E-state index contributed by atoms with van der Waals surface area (Å²) < 4.78 is 0. The Kier molecular flexibility index (Phi) is 9.66. The molecule has 1 aromatic rings. The fraction of sp³-hybridized carbons (Fsp3) is 0.588. The molecule has 0 aromatic heterocycles. The molecular weight excluding hydrogens is 373 g/mol. The van der Waals surface area contributed by atoms with Gasteiger partial charge in [0.05, 0.1) is 0 Å². The first kappa shape index (κ1) is 20.2. The lowest BCUT2D eigenvalue weighted by molar-refractivity contribution is 0.376. The van der Waals surface area contributed by atoms with Crippen LogP contribution in [0.3, 0.4) is 0 Å². The number of halogens is 1. The van der Waals surface area contributed by atoms with Crippen LogP contribution in [0.1, 0.15) is 40.2 Å². The molecule has 0 heterocycles. The van der Waals surface area contributed by atoms with Crippen molar-refractivity contribution in [3.8, 4) is 0 Å². The van der Waals surface area contributed by atoms with Gasteiger partial charge in [0.1, 0.15) is 0 Å². The van der Waals surface area contributed by atoms with Crippen molar-refractivity contribution in [2.75, 3.05) is 13.1 Å². The van der Waals surface area contributed by atoms with Crippen molar-refractivity contribution in [3.63, 3.8) is 0 Å². The SMILES string of the molecule is CCNC(=NCC(C)(C)Cc1ccccc1)NC(C)C.I. The number of nitrogens with zero attached hydrogens (tertiary/aromatic N) is 1. The summed E-state index contributed by atoms with van der Waals surface area (Å²) in [5.74, 6) is 0.906. The Morgan fingerprint density at radius 3 is 2.33 bits per heavy atom. The van der Waals surface area contributed by atoms with Crippen LogP contribution in [0, 0.1) is 5.41 Å². The number of nitrogens with one attached hydrogen (secondary N) is 2. The molecule has 0 saturated heterocycles. The first-order chi connectivity index (χ1) is 9.43. The number of guanidine groups is 1. The lowest BCUT2D eigenvalue weighted by Gasteiger charge is -2.24. The molecule has 0 aliphatic carbocycles. The average Bonchev–Trinajstić information content (AvgIpc) is 2.36. The minimum absolute atomic E-state index is 0. The summed E-state index contributed by atoms with van der Waals surface area (Å²) in [5, 5.41) is 6.65. The largest absolute Gasteiger partial charge is 0.357 e. The highest BCUT2D eigenvalue weighted by atomic mass is 127. The zero-order valence-electron chi connectivity index (χ0n) is 13.9. The molecule has 0 spiro atoms. The van der Waals surface area contributed by atoms with Gasteiger partial charge in [0, 0.05) is 19.1 Å². The van der Waals surface area contributed by atoms with Crippen LogP contribution in [0.2, 0.25) is 0 Å². The van der Waals surface area contributed by atoms with Crippen molar-refractivity contribution in [2.24, 2.45) is 10.4 Å². The molecule has 0 aliphatic rings. The summed E-state index contributed by atoms with van der Waals surface area (Å²) in [4.78, 5) is 4.72. The molecule has 0 radical (unpaired) electrons. The van der Waals surface area contributed by atoms with Gasteiger partial charge in [-0.25, -0.2) is 0 Å². The third kappa shape index (κ3) is 8.96. The van der Waals surface area contributed by atoms with E-state index in [0.29, 0.717) is 6.04 Å². The van der Waals surface area contributed by atoms with E-state index in [-0.39, 0.29) is 29.4 Å². The molecule has 0 atom stereocenters. The van der Waals surface area contributed by atoms with Gasteiger partial charge in [-0.15, -0.1) is 24.0 Å². The zero-order chi connectivity index (χ0) is 15.0. The lowest BCUT2D eigenvalue weighted by Crippen LogP contribution is -2.41. The quantitative estimate of drug-likeness (QED) is 0.430. The summed E-state index contributed by atoms with van der Waals surface area (Å²) in [6.45, 7) is 12.6. The summed E-state index contributed by atoms with van der Waals surface area (Å²) in [6.07, 6.45) is 1.04. The zero-order valence-corrected chi connectivity index (χ0v) is 16.3. The third-order valence-corrected chi connectivity index (χ3v) is 2.96. The molecular formula is C17H30IN3. The number of aliphatic imine (C=N–C) groups is 1. The van der Waals surface area contributed by atoms with Crippen molar-refractivity contribution < 1.29 is 0 Å². The van der Waals surface area contributed by atoms with Gasteiger partial charge in [0.25, 0.3) is 0 Å². The van der Waals surface area contributed by atoms with E-state index in [0.717, 1.165) is 25.5 Å². The van der Waals surface area contributed by atoms with Crippen LogP contribution in [0.25, 0.3) is 0 Å². The molecule has 120 valence electrons. The Balaban J connectivity index is 0.00000400. The second kappa shape index (κ2) is 10.0. The van der Waals surface area contributed by atoms with E-state index in [1.807, 2.05) is 0 Å². The molecule has 1 rings (SSSR count). The predicted molar refractivity (Wildman–Crippen MR) is 104 cm³/mol. The molecule has 0 saturated carbocycles. The Hall–Kier alpha value is -0.780. The second-order valence-electron chi connectivity index (χ2n) is 6.32. The van der Waals surface area contributed by atoms with Gasteiger partial charge >= 0.3 is 0 Å². The van der Waals surface area contributed by atoms with E-state index in [2.05, 4.69) is 75.6 Å². The molecule has 0 unspecified atom stereocenters. The minimum Gasteiger partial charge on any atom is -0.357 e. The average molecular weight is 403 g/mol. The maximum absolute atomic E-state index is 4.72. The van der Waals surface area contributed by atoms with Crippen LogP contribution >= 0.6 is 24.0 Å². The maximum Gasteiger partial charge on any atom is 0.191 e. The van der Waals surface area contributed by atoms with Gasteiger partial charge in [-0.3, -0.25) is 4.99 Å². The van der Waals surface area contributed by atoms with E-state index < -0.39 is 0 Å². The van der Waals surface area contributed by atoms with E-state index in [1.54, 1.807) is 0 Å². The smallest absolute Gasteiger partial charge is 0.191 e. The topological polar surface area (TPSA) is 36.4 Å². The van der Waals surface area contributed by atoms with Crippen LogP contribution in [-0.4, -0.2) is 25.1 Å². The predicted octanol–water partition coefficient (Wildman–Crippen LogP) is 3.84. The van der Waals surface area contributed by atoms with Crippen molar-refractivity contribution in [2.45, 2.75) is 47.1 Å². The van der Waals surface area contributed by atoms with Gasteiger partial charge in [0.15, 0.2) is 5.96 Å². The van der Waals surface area contributed by atoms with E-state index >= 15 is 0 Å². The number of hydrogen-bond acceptors (Lipinski definition) is 1. The maximum atomic E-state index is 4.72. The van der Waals surface area contributed by atoms with Gasteiger partial charge in [-0.2, -0.15) is 0 Å². The Morgan fingerprint density at radius 2 is 1.81 bits per heavy atom. The highest BCUT2D eigenvalue weighted by Crippen LogP contribution is 2.22. The molecule has 2 N–H and O–H groups in total. The minimum atomic E-state index is 0.